The van der Waals surface area contributed by atoms with Crippen molar-refractivity contribution in [1.29, 1.82) is 0 Å². The maximum Gasteiger partial charge on any atom is 0.240 e. The number of nitrogens with two attached hydrogens (primary N) is 2. The zero-order valence-electron chi connectivity index (χ0n) is 9.93. The minimum Gasteiger partial charge on any atom is -0.399 e. The van der Waals surface area contributed by atoms with E-state index in [1.54, 1.807) is 12.1 Å². The maximum absolute atomic E-state index is 11.5. The van der Waals surface area contributed by atoms with Gasteiger partial charge in [-0.3, -0.25) is 0 Å². The number of hydrogen-bond donors (Lipinski definition) is 3. The quantitative estimate of drug-likeness (QED) is 0.685. The second-order valence-electron chi connectivity index (χ2n) is 4.41. The second kappa shape index (κ2) is 5.13. The standard InChI is InChI=1S/C11H17N3O3S/c12-9-1-2-10(11(5-9)18(13,15)16)14-6-8-3-4-17-7-8/h1-2,5,8,14H,3-4,6-7,12H2,(H2,13,15,16). The van der Waals surface area contributed by atoms with Crippen molar-refractivity contribution in [2.75, 3.05) is 30.8 Å². The van der Waals surface area contributed by atoms with Crippen LogP contribution < -0.4 is 16.2 Å². The first-order valence-electron chi connectivity index (χ1n) is 5.71. The van der Waals surface area contributed by atoms with Crippen molar-refractivity contribution >= 4 is 21.4 Å². The molecule has 5 N–H and O–H groups in total. The van der Waals surface area contributed by atoms with Crippen molar-refractivity contribution in [1.82, 2.24) is 0 Å². The number of benzene rings is 1. The van der Waals surface area contributed by atoms with E-state index < -0.39 is 10.0 Å². The third-order valence-corrected chi connectivity index (χ3v) is 3.87. The van der Waals surface area contributed by atoms with Crippen LogP contribution in [-0.4, -0.2) is 28.2 Å². The summed E-state index contributed by atoms with van der Waals surface area (Å²) in [6, 6.07) is 4.63. The zero-order valence-corrected chi connectivity index (χ0v) is 10.7. The topological polar surface area (TPSA) is 107 Å². The minimum atomic E-state index is -3.78. The Morgan fingerprint density at radius 2 is 2.22 bits per heavy atom. The molecule has 6 nitrogen and oxygen atoms in total. The van der Waals surface area contributed by atoms with Gasteiger partial charge in [-0.2, -0.15) is 0 Å². The molecule has 0 spiro atoms. The number of hydrogen-bond acceptors (Lipinski definition) is 5. The molecule has 1 saturated heterocycles. The molecule has 1 aromatic carbocycles. The van der Waals surface area contributed by atoms with Crippen molar-refractivity contribution in [3.63, 3.8) is 0 Å². The van der Waals surface area contributed by atoms with E-state index in [0.717, 1.165) is 13.0 Å². The van der Waals surface area contributed by atoms with Gasteiger partial charge in [0.15, 0.2) is 0 Å². The van der Waals surface area contributed by atoms with E-state index in [1.807, 2.05) is 0 Å². The molecule has 1 aliphatic heterocycles. The number of nitrogens with one attached hydrogen (secondary N) is 1. The lowest BCUT2D eigenvalue weighted by Gasteiger charge is -2.14. The Morgan fingerprint density at radius 3 is 2.83 bits per heavy atom. The smallest absolute Gasteiger partial charge is 0.240 e. The van der Waals surface area contributed by atoms with Crippen LogP contribution in [0.5, 0.6) is 0 Å². The molecule has 7 heteroatoms. The van der Waals surface area contributed by atoms with Crippen LogP contribution in [0.1, 0.15) is 6.42 Å². The van der Waals surface area contributed by atoms with Gasteiger partial charge < -0.3 is 15.8 Å². The number of anilines is 2. The second-order valence-corrected chi connectivity index (χ2v) is 5.94. The van der Waals surface area contributed by atoms with Crippen LogP contribution in [0.25, 0.3) is 0 Å². The Morgan fingerprint density at radius 1 is 1.44 bits per heavy atom. The molecule has 0 aliphatic carbocycles. The summed E-state index contributed by atoms with van der Waals surface area (Å²) in [5, 5.41) is 8.26. The van der Waals surface area contributed by atoms with Gasteiger partial charge in [0.2, 0.25) is 10.0 Å². The molecule has 0 amide bonds. The SMILES string of the molecule is Nc1ccc(NCC2CCOC2)c(S(N)(=O)=O)c1. The fraction of sp³-hybridized carbons (Fsp3) is 0.455. The van der Waals surface area contributed by atoms with Crippen LogP contribution in [0.3, 0.4) is 0 Å². The normalized spacial score (nSPS) is 19.9. The largest absolute Gasteiger partial charge is 0.399 e. The summed E-state index contributed by atoms with van der Waals surface area (Å²) in [5.41, 5.74) is 6.43. The highest BCUT2D eigenvalue weighted by Crippen LogP contribution is 2.23. The molecule has 1 aliphatic rings. The van der Waals surface area contributed by atoms with Crippen LogP contribution in [0.2, 0.25) is 0 Å². The van der Waals surface area contributed by atoms with Crippen molar-refractivity contribution in [2.24, 2.45) is 11.1 Å². The molecule has 0 aromatic heterocycles. The van der Waals surface area contributed by atoms with Crippen molar-refractivity contribution in [3.8, 4) is 0 Å². The number of primary sulfonamides is 1. The minimum absolute atomic E-state index is 0.0291. The van der Waals surface area contributed by atoms with E-state index >= 15 is 0 Å². The molecule has 0 saturated carbocycles. The van der Waals surface area contributed by atoms with Gasteiger partial charge in [0.1, 0.15) is 4.90 Å². The van der Waals surface area contributed by atoms with Crippen molar-refractivity contribution in [3.05, 3.63) is 18.2 Å². The van der Waals surface area contributed by atoms with Crippen LogP contribution in [-0.2, 0) is 14.8 Å². The molecule has 0 bridgehead atoms. The van der Waals surface area contributed by atoms with Gasteiger partial charge in [0, 0.05) is 24.8 Å². The van der Waals surface area contributed by atoms with E-state index in [4.69, 9.17) is 15.6 Å². The highest BCUT2D eigenvalue weighted by Gasteiger charge is 2.18. The van der Waals surface area contributed by atoms with Crippen LogP contribution >= 0.6 is 0 Å². The van der Waals surface area contributed by atoms with E-state index in [9.17, 15) is 8.42 Å². The molecule has 1 unspecified atom stereocenters. The lowest BCUT2D eigenvalue weighted by Crippen LogP contribution is -2.19. The van der Waals surface area contributed by atoms with Gasteiger partial charge >= 0.3 is 0 Å². The Hall–Kier alpha value is -1.31. The average molecular weight is 271 g/mol. The molecule has 100 valence electrons. The number of rotatable bonds is 4. The summed E-state index contributed by atoms with van der Waals surface area (Å²) < 4.78 is 28.2. The van der Waals surface area contributed by atoms with E-state index in [1.165, 1.54) is 6.07 Å². The van der Waals surface area contributed by atoms with Gasteiger partial charge in [-0.25, -0.2) is 13.6 Å². The van der Waals surface area contributed by atoms with Gasteiger partial charge in [-0.1, -0.05) is 0 Å². The monoisotopic (exact) mass is 271 g/mol. The molecular weight excluding hydrogens is 254 g/mol. The van der Waals surface area contributed by atoms with Crippen LogP contribution in [0, 0.1) is 5.92 Å². The molecule has 18 heavy (non-hydrogen) atoms. The predicted molar refractivity (Wildman–Crippen MR) is 69.6 cm³/mol. The van der Waals surface area contributed by atoms with E-state index in [-0.39, 0.29) is 4.90 Å². The Balaban J connectivity index is 2.16. The predicted octanol–water partition coefficient (Wildman–Crippen LogP) is 0.365. The molecule has 1 fully saturated rings. The lowest BCUT2D eigenvalue weighted by atomic mass is 10.1. The van der Waals surface area contributed by atoms with E-state index in [2.05, 4.69) is 5.32 Å². The summed E-state index contributed by atoms with van der Waals surface area (Å²) in [5.74, 6) is 0.399. The molecule has 0 radical (unpaired) electrons. The third kappa shape index (κ3) is 3.12. The molecular formula is C11H17N3O3S. The summed E-state index contributed by atoms with van der Waals surface area (Å²) in [4.78, 5) is 0.0291. The fourth-order valence-corrected chi connectivity index (χ4v) is 2.67. The first kappa shape index (κ1) is 13.1. The molecule has 2 rings (SSSR count). The Labute approximate surface area is 106 Å². The Bertz CT molecular complexity index is 524. The average Bonchev–Trinajstić information content (AvgIpc) is 2.79. The maximum atomic E-state index is 11.5. The van der Waals surface area contributed by atoms with Crippen molar-refractivity contribution < 1.29 is 13.2 Å². The van der Waals surface area contributed by atoms with Crippen LogP contribution in [0.4, 0.5) is 11.4 Å². The summed E-state index contributed by atoms with van der Waals surface area (Å²) in [7, 11) is -3.78. The van der Waals surface area contributed by atoms with Crippen molar-refractivity contribution in [2.45, 2.75) is 11.3 Å². The summed E-state index contributed by atoms with van der Waals surface area (Å²) in [6.07, 6.45) is 0.979. The van der Waals surface area contributed by atoms with Gasteiger partial charge in [-0.05, 0) is 24.6 Å². The first-order valence-corrected chi connectivity index (χ1v) is 7.25. The highest BCUT2D eigenvalue weighted by atomic mass is 32.2. The van der Waals surface area contributed by atoms with Gasteiger partial charge in [0.05, 0.1) is 12.3 Å². The lowest BCUT2D eigenvalue weighted by molar-refractivity contribution is 0.187. The highest BCUT2D eigenvalue weighted by molar-refractivity contribution is 7.89. The molecule has 1 aromatic rings. The fourth-order valence-electron chi connectivity index (χ4n) is 1.92. The number of nitrogen functional groups attached to an aromatic ring is 1. The third-order valence-electron chi connectivity index (χ3n) is 2.92. The Kier molecular flexibility index (Phi) is 3.74. The number of sulfonamides is 1. The van der Waals surface area contributed by atoms with E-state index in [0.29, 0.717) is 30.4 Å². The van der Waals surface area contributed by atoms with Gasteiger partial charge in [-0.15, -0.1) is 0 Å². The summed E-state index contributed by atoms with van der Waals surface area (Å²) in [6.45, 7) is 2.12. The van der Waals surface area contributed by atoms with Crippen LogP contribution in [0.15, 0.2) is 23.1 Å². The van der Waals surface area contributed by atoms with Gasteiger partial charge in [0.25, 0.3) is 0 Å². The molecule has 1 atom stereocenters. The zero-order chi connectivity index (χ0) is 13.2. The summed E-state index contributed by atoms with van der Waals surface area (Å²) >= 11 is 0. The molecule has 1 heterocycles. The number of ether oxygens (including phenoxy) is 1. The first-order chi connectivity index (χ1) is 8.47.